The van der Waals surface area contributed by atoms with E-state index in [1.807, 2.05) is 4.52 Å². The van der Waals surface area contributed by atoms with E-state index < -0.39 is 43.8 Å². The Morgan fingerprint density at radius 2 is 1.16 bits per heavy atom. The van der Waals surface area contributed by atoms with Crippen LogP contribution in [0.4, 0.5) is 19.0 Å². The Morgan fingerprint density at radius 1 is 0.725 bits per heavy atom. The van der Waals surface area contributed by atoms with Gasteiger partial charge in [0, 0.05) is 102 Å². The van der Waals surface area contributed by atoms with Crippen LogP contribution in [0.5, 0.6) is 11.5 Å². The van der Waals surface area contributed by atoms with Crippen molar-refractivity contribution in [2.45, 2.75) is 33.1 Å². The minimum atomic E-state index is -3.42. The maximum atomic E-state index is 13.6. The number of methoxy groups -OCH3 is 2. The van der Waals surface area contributed by atoms with Gasteiger partial charge >= 0.3 is 7.12 Å². The molecule has 6 aromatic rings. The van der Waals surface area contributed by atoms with Crippen LogP contribution in [0, 0.1) is 26.2 Å². The van der Waals surface area contributed by atoms with Gasteiger partial charge in [-0.3, -0.25) is 0 Å². The van der Waals surface area contributed by atoms with E-state index in [-0.39, 0.29) is 49.2 Å². The molecule has 4 N–H and O–H groups in total. The number of aliphatic hydroxyl groups excluding tert-OH is 2. The van der Waals surface area contributed by atoms with E-state index >= 15 is 0 Å². The molecule has 6 heterocycles. The quantitative estimate of drug-likeness (QED) is 0.0905. The van der Waals surface area contributed by atoms with E-state index in [9.17, 15) is 35.8 Å². The van der Waals surface area contributed by atoms with Crippen LogP contribution in [0.2, 0.25) is 0 Å². The van der Waals surface area contributed by atoms with Crippen LogP contribution in [0.25, 0.3) is 21.2 Å². The minimum Gasteiger partial charge on any atom is -0.497 e. The lowest BCUT2D eigenvalue weighted by Gasteiger charge is -2.40. The third kappa shape index (κ3) is 13.0. The Labute approximate surface area is 422 Å². The third-order valence-corrected chi connectivity index (χ3v) is 18.9. The Balaban J connectivity index is 0.000000211. The van der Waals surface area contributed by atoms with Crippen molar-refractivity contribution in [3.63, 3.8) is 0 Å². The number of nitrogens with zero attached hydrogens (tertiary/aromatic N) is 10. The second-order valence-electron chi connectivity index (χ2n) is 16.9. The molecule has 2 aromatic carbocycles. The number of hydrogen-bond acceptors (Lipinski definition) is 18. The first-order valence-corrected chi connectivity index (χ1v) is 26.9. The van der Waals surface area contributed by atoms with E-state index in [1.165, 1.54) is 91.9 Å². The second-order valence-corrected chi connectivity index (χ2v) is 24.2. The van der Waals surface area contributed by atoms with Crippen LogP contribution in [0.1, 0.15) is 33.1 Å². The molecule has 0 saturated carbocycles. The third-order valence-electron chi connectivity index (χ3n) is 12.0. The molecule has 8 rings (SSSR count). The standard InChI is InChI=1S/C20H26FN5O4S2.C13H20IN5O3S2.C7H8BFO3.CH4/c1-24(2)32(28,29)13-20(12-27)6-8-25(9-7-20)19-23-26-16(11-22-18(26)31-19)15-5-4-14(21)10-17(15)30-3;1-17(2)24(21,22)9-13(8-20)3-5-18(6-4-13)12-16-19-10(14)7-15-11(19)23-12;1-12-7-4-5(9)2-3-6(7)8(10)11;/h4-5,10-11,27H,6-9,12-13H2,1-3H3;7,20H,3-6,8-9H2,1-2H3;2-4,10-11H,1H3;1H4. The van der Waals surface area contributed by atoms with Crippen LogP contribution in [0.15, 0.2) is 48.8 Å². The van der Waals surface area contributed by atoms with Crippen molar-refractivity contribution < 1.29 is 55.4 Å². The molecule has 2 aliphatic rings. The molecule has 69 heavy (non-hydrogen) atoms. The first-order valence-electron chi connectivity index (χ1n) is 21.0. The summed E-state index contributed by atoms with van der Waals surface area (Å²) in [5, 5.41) is 48.3. The SMILES string of the molecule is C.CN(C)S(=O)(=O)CC1(CO)CCN(c2nn3c(I)cnc3s2)CC1.COc1cc(F)ccc1-c1cnc2sc(N3CCC(CO)(CS(=O)(=O)N(C)C)CC3)nn12.COc1cc(F)ccc1B(O)O. The van der Waals surface area contributed by atoms with Crippen LogP contribution >= 0.6 is 45.3 Å². The van der Waals surface area contributed by atoms with Gasteiger partial charge in [-0.25, -0.2) is 48.7 Å². The largest absolute Gasteiger partial charge is 0.497 e. The van der Waals surface area contributed by atoms with E-state index in [4.69, 9.17) is 24.6 Å². The lowest BCUT2D eigenvalue weighted by atomic mass is 9.79. The van der Waals surface area contributed by atoms with Gasteiger partial charge < -0.3 is 39.5 Å². The van der Waals surface area contributed by atoms with Gasteiger partial charge in [0.05, 0.1) is 43.8 Å². The molecule has 2 fully saturated rings. The number of sulfonamides is 2. The molecule has 20 nitrogen and oxygen atoms in total. The van der Waals surface area contributed by atoms with Gasteiger partial charge in [-0.2, -0.15) is 4.52 Å². The molecule has 2 aliphatic heterocycles. The molecule has 0 spiro atoms. The van der Waals surface area contributed by atoms with Crippen molar-refractivity contribution in [3.05, 3.63) is 64.1 Å². The van der Waals surface area contributed by atoms with Gasteiger partial charge in [0.2, 0.25) is 40.2 Å². The number of rotatable bonds is 14. The predicted molar refractivity (Wildman–Crippen MR) is 273 cm³/mol. The van der Waals surface area contributed by atoms with Crippen molar-refractivity contribution in [2.75, 3.05) is 103 Å². The molecule has 0 amide bonds. The average Bonchev–Trinajstić information content (AvgIpc) is 4.10. The van der Waals surface area contributed by atoms with Crippen molar-refractivity contribution in [1.82, 2.24) is 37.8 Å². The second kappa shape index (κ2) is 23.1. The lowest BCUT2D eigenvalue weighted by molar-refractivity contribution is 0.116. The number of aliphatic hydroxyl groups is 2. The lowest BCUT2D eigenvalue weighted by Crippen LogP contribution is -2.47. The van der Waals surface area contributed by atoms with Crippen molar-refractivity contribution in [3.8, 4) is 22.8 Å². The maximum Gasteiger partial charge on any atom is 0.492 e. The number of hydrogen-bond donors (Lipinski definition) is 4. The van der Waals surface area contributed by atoms with E-state index in [0.29, 0.717) is 73.8 Å². The number of aromatic nitrogens is 6. The van der Waals surface area contributed by atoms with Gasteiger partial charge in [0.25, 0.3) is 0 Å². The molecule has 0 bridgehead atoms. The summed E-state index contributed by atoms with van der Waals surface area (Å²) in [6, 6.07) is 7.82. The van der Waals surface area contributed by atoms with Gasteiger partial charge in [0.1, 0.15) is 26.8 Å². The average molecular weight is 1150 g/mol. The molecule has 28 heteroatoms. The summed E-state index contributed by atoms with van der Waals surface area (Å²) in [7, 11) is 0.500. The molecule has 4 aromatic heterocycles. The number of halogens is 3. The molecule has 0 atom stereocenters. The molecule has 2 saturated heterocycles. The molecular formula is C41H58BF2IN10O10S4. The summed E-state index contributed by atoms with van der Waals surface area (Å²) in [4.78, 5) is 14.5. The fourth-order valence-corrected chi connectivity index (χ4v) is 12.9. The van der Waals surface area contributed by atoms with E-state index in [1.54, 1.807) is 23.0 Å². The summed E-state index contributed by atoms with van der Waals surface area (Å²) in [5.74, 6) is -0.429. The minimum absolute atomic E-state index is 0. The van der Waals surface area contributed by atoms with Crippen molar-refractivity contribution in [1.29, 1.82) is 0 Å². The first-order chi connectivity index (χ1) is 32.1. The number of ether oxygens (including phenoxy) is 2. The highest BCUT2D eigenvalue weighted by Gasteiger charge is 2.41. The molecule has 0 unspecified atom stereocenters. The summed E-state index contributed by atoms with van der Waals surface area (Å²) in [5.41, 5.74) is 0.289. The van der Waals surface area contributed by atoms with Crippen LogP contribution in [0.3, 0.4) is 0 Å². The Bertz CT molecular complexity index is 2890. The smallest absolute Gasteiger partial charge is 0.492 e. The topological polar surface area (TPSA) is 241 Å². The van der Waals surface area contributed by atoms with Crippen LogP contribution in [-0.4, -0.2) is 175 Å². The van der Waals surface area contributed by atoms with Crippen LogP contribution in [-0.2, 0) is 20.0 Å². The van der Waals surface area contributed by atoms with Gasteiger partial charge in [-0.15, -0.1) is 10.2 Å². The number of anilines is 2. The summed E-state index contributed by atoms with van der Waals surface area (Å²) < 4.78 is 92.3. The summed E-state index contributed by atoms with van der Waals surface area (Å²) in [6.45, 7) is 2.22. The first kappa shape index (κ1) is 56.1. The predicted octanol–water partition coefficient (Wildman–Crippen LogP) is 3.09. The summed E-state index contributed by atoms with van der Waals surface area (Å²) >= 11 is 5.14. The highest BCUT2D eigenvalue weighted by atomic mass is 127. The fraction of sp³-hybridized carbons (Fsp3) is 0.512. The summed E-state index contributed by atoms with van der Waals surface area (Å²) in [6.07, 6.45) is 5.78. The van der Waals surface area contributed by atoms with Gasteiger partial charge in [-0.1, -0.05) is 36.2 Å². The van der Waals surface area contributed by atoms with Crippen molar-refractivity contribution in [2.24, 2.45) is 10.8 Å². The molecular weight excluding hydrogens is 1100 g/mol. The number of imidazole rings is 2. The zero-order valence-corrected chi connectivity index (χ0v) is 43.6. The van der Waals surface area contributed by atoms with Crippen LogP contribution < -0.4 is 24.7 Å². The Kier molecular flexibility index (Phi) is 18.8. The molecule has 380 valence electrons. The Hall–Kier alpha value is -3.85. The van der Waals surface area contributed by atoms with Gasteiger partial charge in [0.15, 0.2) is 0 Å². The molecule has 0 radical (unpaired) electrons. The highest BCUT2D eigenvalue weighted by Crippen LogP contribution is 2.39. The zero-order chi connectivity index (χ0) is 49.8. The number of piperidine rings is 2. The van der Waals surface area contributed by atoms with E-state index in [0.717, 1.165) is 31.1 Å². The maximum absolute atomic E-state index is 13.6. The van der Waals surface area contributed by atoms with Gasteiger partial charge in [-0.05, 0) is 66.5 Å². The zero-order valence-electron chi connectivity index (χ0n) is 38.2. The monoisotopic (exact) mass is 1150 g/mol. The van der Waals surface area contributed by atoms with Crippen molar-refractivity contribution >= 4 is 98.1 Å². The number of fused-ring (bicyclic) bond motifs is 2. The normalized spacial score (nSPS) is 15.9. The Morgan fingerprint density at radius 3 is 1.59 bits per heavy atom. The highest BCUT2D eigenvalue weighted by molar-refractivity contribution is 14.1. The molecule has 0 aliphatic carbocycles. The fourth-order valence-electron chi connectivity index (χ4n) is 7.63. The number of benzene rings is 2. The van der Waals surface area contributed by atoms with E-state index in [2.05, 4.69) is 47.5 Å².